The zero-order valence-electron chi connectivity index (χ0n) is 17.6. The van der Waals surface area contributed by atoms with E-state index >= 15 is 0 Å². The maximum atomic E-state index is 14.4. The lowest BCUT2D eigenvalue weighted by Crippen LogP contribution is -2.32. The third-order valence-corrected chi connectivity index (χ3v) is 9.67. The molecule has 2 atom stereocenters. The molecule has 2 aromatic carbocycles. The number of nitrogens with zero attached hydrogens (tertiary/aromatic N) is 1. The molecule has 0 amide bonds. The van der Waals surface area contributed by atoms with Crippen molar-refractivity contribution in [1.82, 2.24) is 4.67 Å². The lowest BCUT2D eigenvalue weighted by atomic mass is 10.1. The molecule has 0 aromatic heterocycles. The van der Waals surface area contributed by atoms with E-state index < -0.39 is 62.9 Å². The fourth-order valence-corrected chi connectivity index (χ4v) is 8.00. The fraction of sp³-hybridized carbons (Fsp3) is 0.400. The highest BCUT2D eigenvalue weighted by molar-refractivity contribution is 7.92. The molecule has 13 heteroatoms. The van der Waals surface area contributed by atoms with Crippen molar-refractivity contribution >= 4 is 17.6 Å². The SMILES string of the molecule is CCOP(=O)(OCC)N1CC[C@H](S(=O)(=O)c2c(F)c(F)c(F)c(F)c2F)[C@H]1c1ccccc1. The molecule has 1 heterocycles. The Labute approximate surface area is 187 Å². The van der Waals surface area contributed by atoms with Gasteiger partial charge in [-0.25, -0.2) is 34.9 Å². The second-order valence-electron chi connectivity index (χ2n) is 7.09. The van der Waals surface area contributed by atoms with Crippen LogP contribution >= 0.6 is 7.75 Å². The third kappa shape index (κ3) is 4.46. The number of halogens is 5. The molecule has 1 aliphatic rings. The Hall–Kier alpha value is -1.85. The van der Waals surface area contributed by atoms with E-state index in [1.807, 2.05) is 0 Å². The van der Waals surface area contributed by atoms with Crippen molar-refractivity contribution in [2.75, 3.05) is 19.8 Å². The maximum Gasteiger partial charge on any atom is 0.408 e. The summed E-state index contributed by atoms with van der Waals surface area (Å²) in [5.74, 6) is -12.1. The number of hydrogen-bond acceptors (Lipinski definition) is 5. The monoisotopic (exact) mass is 513 g/mol. The first-order chi connectivity index (χ1) is 15.5. The first kappa shape index (κ1) is 25.8. The van der Waals surface area contributed by atoms with Crippen LogP contribution in [0.1, 0.15) is 31.9 Å². The second kappa shape index (κ2) is 9.79. The van der Waals surface area contributed by atoms with E-state index in [-0.39, 0.29) is 31.7 Å². The minimum atomic E-state index is -5.15. The normalized spacial score (nSPS) is 19.8. The van der Waals surface area contributed by atoms with E-state index in [4.69, 9.17) is 9.05 Å². The molecule has 1 saturated heterocycles. The predicted molar refractivity (Wildman–Crippen MR) is 109 cm³/mol. The van der Waals surface area contributed by atoms with Crippen LogP contribution in [0.4, 0.5) is 22.0 Å². The van der Waals surface area contributed by atoms with Gasteiger partial charge in [0.25, 0.3) is 0 Å². The van der Waals surface area contributed by atoms with Crippen LogP contribution in [0.2, 0.25) is 0 Å². The summed E-state index contributed by atoms with van der Waals surface area (Å²) in [7, 11) is -9.22. The summed E-state index contributed by atoms with van der Waals surface area (Å²) in [6, 6.07) is 6.41. The summed E-state index contributed by atoms with van der Waals surface area (Å²) in [4.78, 5) is -1.92. The largest absolute Gasteiger partial charge is 0.408 e. The summed E-state index contributed by atoms with van der Waals surface area (Å²) in [5.41, 5.74) is 0.284. The predicted octanol–water partition coefficient (Wildman–Crippen LogP) is 5.15. The Balaban J connectivity index is 2.21. The molecule has 1 fully saturated rings. The molecule has 2 aromatic rings. The van der Waals surface area contributed by atoms with E-state index in [0.29, 0.717) is 0 Å². The maximum absolute atomic E-state index is 14.4. The Morgan fingerprint density at radius 1 is 0.909 bits per heavy atom. The molecule has 0 radical (unpaired) electrons. The first-order valence-corrected chi connectivity index (χ1v) is 13.0. The van der Waals surface area contributed by atoms with Crippen LogP contribution in [0.15, 0.2) is 35.2 Å². The van der Waals surface area contributed by atoms with Crippen LogP contribution < -0.4 is 0 Å². The zero-order valence-corrected chi connectivity index (χ0v) is 19.3. The smallest absolute Gasteiger partial charge is 0.297 e. The fourth-order valence-electron chi connectivity index (χ4n) is 3.88. The average Bonchev–Trinajstić information content (AvgIpc) is 3.24. The molecular weight excluding hydrogens is 492 g/mol. The minimum absolute atomic E-state index is 0.0512. The molecule has 33 heavy (non-hydrogen) atoms. The van der Waals surface area contributed by atoms with Crippen LogP contribution in [0, 0.1) is 29.1 Å². The Morgan fingerprint density at radius 3 is 1.88 bits per heavy atom. The molecule has 0 unspecified atom stereocenters. The van der Waals surface area contributed by atoms with Gasteiger partial charge in [-0.15, -0.1) is 0 Å². The Morgan fingerprint density at radius 2 is 1.39 bits per heavy atom. The van der Waals surface area contributed by atoms with Gasteiger partial charge >= 0.3 is 7.75 Å². The Kier molecular flexibility index (Phi) is 7.65. The van der Waals surface area contributed by atoms with E-state index in [1.165, 1.54) is 12.1 Å². The molecule has 6 nitrogen and oxygen atoms in total. The highest BCUT2D eigenvalue weighted by atomic mass is 32.2. The van der Waals surface area contributed by atoms with Gasteiger partial charge < -0.3 is 0 Å². The van der Waals surface area contributed by atoms with Crippen molar-refractivity contribution in [2.45, 2.75) is 36.5 Å². The van der Waals surface area contributed by atoms with Gasteiger partial charge in [0.05, 0.1) is 24.5 Å². The summed E-state index contributed by atoms with van der Waals surface area (Å²) < 4.78 is 122. The van der Waals surface area contributed by atoms with Crippen molar-refractivity contribution in [3.63, 3.8) is 0 Å². The van der Waals surface area contributed by atoms with Gasteiger partial charge in [0.1, 0.15) is 4.90 Å². The van der Waals surface area contributed by atoms with Crippen molar-refractivity contribution in [1.29, 1.82) is 0 Å². The van der Waals surface area contributed by atoms with Gasteiger partial charge in [-0.3, -0.25) is 9.05 Å². The quantitative estimate of drug-likeness (QED) is 0.160. The molecule has 3 rings (SSSR count). The lowest BCUT2D eigenvalue weighted by molar-refractivity contribution is 0.163. The molecule has 0 aliphatic carbocycles. The molecule has 0 saturated carbocycles. The second-order valence-corrected chi connectivity index (χ2v) is 11.2. The number of hydrogen-bond donors (Lipinski definition) is 0. The average molecular weight is 513 g/mol. The molecular formula is C20H21F5NO5PS. The van der Waals surface area contributed by atoms with Gasteiger partial charge in [0, 0.05) is 6.54 Å². The third-order valence-electron chi connectivity index (χ3n) is 5.21. The van der Waals surface area contributed by atoms with E-state index in [9.17, 15) is 34.9 Å². The number of sulfone groups is 1. The van der Waals surface area contributed by atoms with E-state index in [1.54, 1.807) is 32.0 Å². The van der Waals surface area contributed by atoms with Gasteiger partial charge in [0.15, 0.2) is 33.1 Å². The van der Waals surface area contributed by atoms with Crippen molar-refractivity contribution < 1.29 is 44.0 Å². The summed E-state index contributed by atoms with van der Waals surface area (Å²) >= 11 is 0. The topological polar surface area (TPSA) is 72.9 Å². The molecule has 1 aliphatic heterocycles. The molecule has 0 spiro atoms. The van der Waals surface area contributed by atoms with Crippen LogP contribution in [0.25, 0.3) is 0 Å². The number of benzene rings is 2. The standard InChI is InChI=1S/C20H21F5NO5PS/c1-3-30-32(27,31-4-2)26-11-10-13(19(26)12-8-6-5-7-9-12)33(28,29)20-17(24)15(22)14(21)16(23)18(20)25/h5-9,13,19H,3-4,10-11H2,1-2H3/t13-,19+/m0/s1. The van der Waals surface area contributed by atoms with Crippen LogP contribution in [0.5, 0.6) is 0 Å². The Bertz CT molecular complexity index is 1140. The van der Waals surface area contributed by atoms with Crippen LogP contribution in [-0.4, -0.2) is 38.1 Å². The molecule has 0 N–H and O–H groups in total. The summed E-state index contributed by atoms with van der Waals surface area (Å²) in [5, 5.41) is -1.71. The minimum Gasteiger partial charge on any atom is -0.297 e. The van der Waals surface area contributed by atoms with Crippen molar-refractivity contribution in [2.24, 2.45) is 0 Å². The van der Waals surface area contributed by atoms with Crippen molar-refractivity contribution in [3.05, 3.63) is 65.0 Å². The molecule has 182 valence electrons. The summed E-state index contributed by atoms with van der Waals surface area (Å²) in [6.07, 6.45) is -0.328. The van der Waals surface area contributed by atoms with Crippen LogP contribution in [0.3, 0.4) is 0 Å². The van der Waals surface area contributed by atoms with Crippen molar-refractivity contribution in [3.8, 4) is 0 Å². The van der Waals surface area contributed by atoms with Gasteiger partial charge in [-0.2, -0.15) is 4.67 Å². The lowest BCUT2D eigenvalue weighted by Gasteiger charge is -2.33. The highest BCUT2D eigenvalue weighted by Gasteiger charge is 2.53. The van der Waals surface area contributed by atoms with E-state index in [2.05, 4.69) is 0 Å². The molecule has 0 bridgehead atoms. The van der Waals surface area contributed by atoms with Gasteiger partial charge in [-0.1, -0.05) is 30.3 Å². The highest BCUT2D eigenvalue weighted by Crippen LogP contribution is 2.60. The van der Waals surface area contributed by atoms with E-state index in [0.717, 1.165) is 4.67 Å². The van der Waals surface area contributed by atoms with Gasteiger partial charge in [0.2, 0.25) is 5.82 Å². The van der Waals surface area contributed by atoms with Gasteiger partial charge in [-0.05, 0) is 25.8 Å². The first-order valence-electron chi connectivity index (χ1n) is 9.97. The van der Waals surface area contributed by atoms with Crippen LogP contribution in [-0.2, 0) is 23.4 Å². The zero-order chi connectivity index (χ0) is 24.6. The number of rotatable bonds is 8. The summed E-state index contributed by atoms with van der Waals surface area (Å²) in [6.45, 7) is 2.79.